The summed E-state index contributed by atoms with van der Waals surface area (Å²) < 4.78 is 46.6. The number of piperazine rings is 1. The Morgan fingerprint density at radius 3 is 2.28 bits per heavy atom. The number of anilines is 2. The monoisotopic (exact) mass is 462 g/mol. The zero-order valence-corrected chi connectivity index (χ0v) is 18.8. The average molecular weight is 463 g/mol. The number of carbonyl (C=O) groups is 1. The maximum absolute atomic E-state index is 14.4. The highest BCUT2D eigenvalue weighted by Gasteiger charge is 2.28. The van der Waals surface area contributed by atoms with Gasteiger partial charge in [0.15, 0.2) is 0 Å². The molecule has 2 fully saturated rings. The van der Waals surface area contributed by atoms with Crippen molar-refractivity contribution >= 4 is 27.3 Å². The van der Waals surface area contributed by atoms with Gasteiger partial charge in [-0.2, -0.15) is 4.31 Å². The Labute approximate surface area is 187 Å². The number of sulfonamides is 1. The SMILES string of the molecule is CN1CCN(c2ccc(NC(=O)c3cc(S(=O)(=O)N4CCOCC4)ccc3F)cc2)CC1. The van der Waals surface area contributed by atoms with Crippen LogP contribution in [0.4, 0.5) is 15.8 Å². The minimum absolute atomic E-state index is 0.114. The minimum atomic E-state index is -3.83. The summed E-state index contributed by atoms with van der Waals surface area (Å²) in [5.74, 6) is -1.48. The van der Waals surface area contributed by atoms with Crippen LogP contribution in [0, 0.1) is 5.82 Å². The minimum Gasteiger partial charge on any atom is -0.379 e. The van der Waals surface area contributed by atoms with Gasteiger partial charge in [-0.05, 0) is 49.5 Å². The molecular weight excluding hydrogens is 435 g/mol. The smallest absolute Gasteiger partial charge is 0.258 e. The van der Waals surface area contributed by atoms with Crippen molar-refractivity contribution in [3.8, 4) is 0 Å². The fourth-order valence-corrected chi connectivity index (χ4v) is 5.23. The highest BCUT2D eigenvalue weighted by Crippen LogP contribution is 2.23. The second-order valence-corrected chi connectivity index (χ2v) is 9.89. The predicted octanol–water partition coefficient (Wildman–Crippen LogP) is 1.85. The van der Waals surface area contributed by atoms with E-state index in [9.17, 15) is 17.6 Å². The number of nitrogens with one attached hydrogen (secondary N) is 1. The molecule has 0 aliphatic carbocycles. The van der Waals surface area contributed by atoms with E-state index < -0.39 is 21.7 Å². The Kier molecular flexibility index (Phi) is 6.75. The molecule has 1 N–H and O–H groups in total. The third kappa shape index (κ3) is 4.93. The van der Waals surface area contributed by atoms with Gasteiger partial charge in [-0.1, -0.05) is 0 Å². The van der Waals surface area contributed by atoms with Crippen molar-refractivity contribution in [2.45, 2.75) is 4.90 Å². The maximum atomic E-state index is 14.4. The van der Waals surface area contributed by atoms with Gasteiger partial charge in [0.1, 0.15) is 5.82 Å². The fraction of sp³-hybridized carbons (Fsp3) is 0.409. The number of likely N-dealkylation sites (N-methyl/N-ethyl adjacent to an activating group) is 1. The number of amides is 1. The molecule has 8 nitrogen and oxygen atoms in total. The zero-order chi connectivity index (χ0) is 22.7. The van der Waals surface area contributed by atoms with Gasteiger partial charge in [0.05, 0.1) is 23.7 Å². The standard InChI is InChI=1S/C22H27FN4O4S/c1-25-8-10-26(11-9-25)18-4-2-17(3-5-18)24-22(28)20-16-19(6-7-21(20)23)32(29,30)27-12-14-31-15-13-27/h2-7,16H,8-15H2,1H3,(H,24,28). The molecule has 0 aromatic heterocycles. The molecule has 10 heteroatoms. The highest BCUT2D eigenvalue weighted by molar-refractivity contribution is 7.89. The number of carbonyl (C=O) groups excluding carboxylic acids is 1. The molecule has 4 rings (SSSR count). The summed E-state index contributed by atoms with van der Waals surface area (Å²) in [5, 5.41) is 2.66. The van der Waals surface area contributed by atoms with E-state index in [1.54, 1.807) is 12.1 Å². The highest BCUT2D eigenvalue weighted by atomic mass is 32.2. The van der Waals surface area contributed by atoms with Gasteiger partial charge >= 0.3 is 0 Å². The van der Waals surface area contributed by atoms with Crippen molar-refractivity contribution < 1.29 is 22.3 Å². The van der Waals surface area contributed by atoms with Crippen LogP contribution in [0.1, 0.15) is 10.4 Å². The zero-order valence-electron chi connectivity index (χ0n) is 18.0. The first kappa shape index (κ1) is 22.7. The summed E-state index contributed by atoms with van der Waals surface area (Å²) in [6.45, 7) is 4.89. The lowest BCUT2D eigenvalue weighted by Crippen LogP contribution is -2.44. The van der Waals surface area contributed by atoms with E-state index in [0.717, 1.165) is 44.0 Å². The van der Waals surface area contributed by atoms with Gasteiger partial charge in [0, 0.05) is 50.6 Å². The molecule has 0 spiro atoms. The van der Waals surface area contributed by atoms with Crippen LogP contribution >= 0.6 is 0 Å². The summed E-state index contributed by atoms with van der Waals surface area (Å²) in [4.78, 5) is 17.1. The Hall–Kier alpha value is -2.53. The number of morpholine rings is 1. The number of halogens is 1. The lowest BCUT2D eigenvalue weighted by molar-refractivity contribution is 0.0730. The third-order valence-electron chi connectivity index (χ3n) is 5.78. The van der Waals surface area contributed by atoms with Crippen molar-refractivity contribution in [3.63, 3.8) is 0 Å². The van der Waals surface area contributed by atoms with Gasteiger partial charge in [0.2, 0.25) is 10.0 Å². The maximum Gasteiger partial charge on any atom is 0.258 e. The Bertz CT molecular complexity index is 1060. The number of hydrogen-bond acceptors (Lipinski definition) is 6. The van der Waals surface area contributed by atoms with Gasteiger partial charge in [-0.3, -0.25) is 4.79 Å². The summed E-state index contributed by atoms with van der Waals surface area (Å²) in [7, 11) is -1.74. The number of benzene rings is 2. The second kappa shape index (κ2) is 9.53. The molecule has 1 amide bonds. The second-order valence-electron chi connectivity index (χ2n) is 7.95. The third-order valence-corrected chi connectivity index (χ3v) is 7.68. The summed E-state index contributed by atoms with van der Waals surface area (Å²) in [5.41, 5.74) is 1.25. The molecule has 2 aromatic rings. The molecule has 2 heterocycles. The first-order valence-corrected chi connectivity index (χ1v) is 12.0. The van der Waals surface area contributed by atoms with Crippen LogP contribution in [-0.4, -0.2) is 83.1 Å². The van der Waals surface area contributed by atoms with Gasteiger partial charge < -0.3 is 19.9 Å². The topological polar surface area (TPSA) is 82.2 Å². The van der Waals surface area contributed by atoms with E-state index >= 15 is 0 Å². The van der Waals surface area contributed by atoms with Crippen molar-refractivity contribution in [2.75, 3.05) is 69.7 Å². The lowest BCUT2D eigenvalue weighted by atomic mass is 10.2. The molecule has 32 heavy (non-hydrogen) atoms. The van der Waals surface area contributed by atoms with Crippen LogP contribution in [0.25, 0.3) is 0 Å². The van der Waals surface area contributed by atoms with E-state index in [1.807, 2.05) is 12.1 Å². The summed E-state index contributed by atoms with van der Waals surface area (Å²) in [6, 6.07) is 10.6. The van der Waals surface area contributed by atoms with E-state index in [-0.39, 0.29) is 23.5 Å². The Balaban J connectivity index is 1.48. The van der Waals surface area contributed by atoms with E-state index in [4.69, 9.17) is 4.74 Å². The van der Waals surface area contributed by atoms with Gasteiger partial charge in [-0.15, -0.1) is 0 Å². The molecule has 0 radical (unpaired) electrons. The summed E-state index contributed by atoms with van der Waals surface area (Å²) >= 11 is 0. The van der Waals surface area contributed by atoms with Crippen LogP contribution < -0.4 is 10.2 Å². The van der Waals surface area contributed by atoms with Crippen LogP contribution in [0.15, 0.2) is 47.4 Å². The van der Waals surface area contributed by atoms with Crippen LogP contribution in [0.2, 0.25) is 0 Å². The Morgan fingerprint density at radius 2 is 1.62 bits per heavy atom. The number of hydrogen-bond donors (Lipinski definition) is 1. The number of ether oxygens (including phenoxy) is 1. The molecule has 2 aliphatic rings. The largest absolute Gasteiger partial charge is 0.379 e. The molecule has 0 atom stereocenters. The van der Waals surface area contributed by atoms with Gasteiger partial charge in [-0.25, -0.2) is 12.8 Å². The number of rotatable bonds is 5. The molecule has 172 valence electrons. The van der Waals surface area contributed by atoms with Crippen molar-refractivity contribution in [1.82, 2.24) is 9.21 Å². The quantitative estimate of drug-likeness (QED) is 0.731. The predicted molar refractivity (Wildman–Crippen MR) is 120 cm³/mol. The molecule has 0 saturated carbocycles. The molecule has 0 bridgehead atoms. The normalized spacial score (nSPS) is 18.5. The Morgan fingerprint density at radius 1 is 0.969 bits per heavy atom. The van der Waals surface area contributed by atoms with E-state index in [1.165, 1.54) is 10.4 Å². The van der Waals surface area contributed by atoms with Crippen LogP contribution in [-0.2, 0) is 14.8 Å². The van der Waals surface area contributed by atoms with Crippen molar-refractivity contribution in [2.24, 2.45) is 0 Å². The van der Waals surface area contributed by atoms with Crippen molar-refractivity contribution in [1.29, 1.82) is 0 Å². The van der Waals surface area contributed by atoms with Crippen LogP contribution in [0.5, 0.6) is 0 Å². The first-order chi connectivity index (χ1) is 15.3. The van der Waals surface area contributed by atoms with Crippen molar-refractivity contribution in [3.05, 3.63) is 53.8 Å². The summed E-state index contributed by atoms with van der Waals surface area (Å²) in [6.07, 6.45) is 0. The fourth-order valence-electron chi connectivity index (χ4n) is 3.79. The molecular formula is C22H27FN4O4S. The number of nitrogens with zero attached hydrogens (tertiary/aromatic N) is 3. The molecule has 2 saturated heterocycles. The average Bonchev–Trinajstić information content (AvgIpc) is 2.81. The van der Waals surface area contributed by atoms with Gasteiger partial charge in [0.25, 0.3) is 5.91 Å². The molecule has 2 aromatic carbocycles. The van der Waals surface area contributed by atoms with E-state index in [0.29, 0.717) is 18.9 Å². The van der Waals surface area contributed by atoms with Crippen LogP contribution in [0.3, 0.4) is 0 Å². The molecule has 2 aliphatic heterocycles. The van der Waals surface area contributed by atoms with E-state index in [2.05, 4.69) is 22.2 Å². The first-order valence-electron chi connectivity index (χ1n) is 10.6. The molecule has 0 unspecified atom stereocenters. The lowest BCUT2D eigenvalue weighted by Gasteiger charge is -2.34.